The van der Waals surface area contributed by atoms with E-state index in [0.29, 0.717) is 6.04 Å². The molecule has 2 rings (SSSR count). The van der Waals surface area contributed by atoms with E-state index >= 15 is 0 Å². The van der Waals surface area contributed by atoms with Crippen molar-refractivity contribution in [1.29, 1.82) is 0 Å². The minimum Gasteiger partial charge on any atom is -0.496 e. The molecule has 0 aliphatic carbocycles. The Labute approximate surface area is 123 Å². The zero-order chi connectivity index (χ0) is 14.5. The van der Waals surface area contributed by atoms with Crippen LogP contribution in [0.4, 0.5) is 0 Å². The number of rotatable bonds is 5. The van der Waals surface area contributed by atoms with Gasteiger partial charge in [-0.3, -0.25) is 4.90 Å². The van der Waals surface area contributed by atoms with E-state index in [1.54, 1.807) is 7.11 Å². The predicted octanol–water partition coefficient (Wildman–Crippen LogP) is 2.96. The van der Waals surface area contributed by atoms with Gasteiger partial charge in [0.1, 0.15) is 5.75 Å². The van der Waals surface area contributed by atoms with Crippen LogP contribution in [0.5, 0.6) is 5.75 Å². The third-order valence-electron chi connectivity index (χ3n) is 4.22. The molecule has 1 aromatic rings. The summed E-state index contributed by atoms with van der Waals surface area (Å²) in [4.78, 5) is 2.57. The van der Waals surface area contributed by atoms with E-state index in [1.807, 2.05) is 0 Å². The van der Waals surface area contributed by atoms with Crippen LogP contribution in [0.25, 0.3) is 0 Å². The van der Waals surface area contributed by atoms with Crippen molar-refractivity contribution in [3.63, 3.8) is 0 Å². The number of nitrogens with zero attached hydrogens (tertiary/aromatic N) is 1. The van der Waals surface area contributed by atoms with Gasteiger partial charge in [-0.05, 0) is 51.3 Å². The molecule has 1 heterocycles. The van der Waals surface area contributed by atoms with Crippen LogP contribution in [0, 0.1) is 0 Å². The zero-order valence-corrected chi connectivity index (χ0v) is 13.1. The molecule has 0 amide bonds. The molecule has 0 saturated carbocycles. The molecule has 1 aromatic carbocycles. The maximum absolute atomic E-state index is 5.91. The van der Waals surface area contributed by atoms with E-state index in [2.05, 4.69) is 36.9 Å². The van der Waals surface area contributed by atoms with Crippen LogP contribution in [0.1, 0.15) is 44.2 Å². The van der Waals surface area contributed by atoms with Gasteiger partial charge < -0.3 is 10.5 Å². The number of ether oxygens (including phenoxy) is 1. The van der Waals surface area contributed by atoms with Crippen molar-refractivity contribution in [3.05, 3.63) is 29.3 Å². The first kappa shape index (κ1) is 15.3. The van der Waals surface area contributed by atoms with Gasteiger partial charge in [0.2, 0.25) is 0 Å². The van der Waals surface area contributed by atoms with Crippen LogP contribution in [0.2, 0.25) is 0 Å². The van der Waals surface area contributed by atoms with E-state index < -0.39 is 0 Å². The summed E-state index contributed by atoms with van der Waals surface area (Å²) in [5.41, 5.74) is 8.51. The fourth-order valence-corrected chi connectivity index (χ4v) is 3.07. The second-order valence-corrected chi connectivity index (χ2v) is 6.14. The first-order chi connectivity index (χ1) is 9.60. The van der Waals surface area contributed by atoms with E-state index in [0.717, 1.165) is 18.7 Å². The fourth-order valence-electron chi connectivity index (χ4n) is 3.07. The van der Waals surface area contributed by atoms with Crippen LogP contribution >= 0.6 is 0 Å². The minimum atomic E-state index is 0.199. The Balaban J connectivity index is 2.14. The summed E-state index contributed by atoms with van der Waals surface area (Å²) in [6.45, 7) is 6.56. The van der Waals surface area contributed by atoms with Crippen LogP contribution < -0.4 is 10.5 Å². The van der Waals surface area contributed by atoms with E-state index in [1.165, 1.54) is 36.9 Å². The number of hydrogen-bond donors (Lipinski definition) is 1. The average molecular weight is 276 g/mol. The van der Waals surface area contributed by atoms with Crippen molar-refractivity contribution in [2.75, 3.05) is 13.7 Å². The van der Waals surface area contributed by atoms with Gasteiger partial charge >= 0.3 is 0 Å². The summed E-state index contributed by atoms with van der Waals surface area (Å²) in [6.07, 6.45) is 4.90. The van der Waals surface area contributed by atoms with Gasteiger partial charge in [-0.15, -0.1) is 0 Å². The molecule has 2 N–H and O–H groups in total. The second-order valence-electron chi connectivity index (χ2n) is 6.14. The SMILES string of the molecule is COc1ccc(CC(C)N)cc1CN1CCCCC1C. The van der Waals surface area contributed by atoms with Crippen molar-refractivity contribution in [3.8, 4) is 5.75 Å². The third-order valence-corrected chi connectivity index (χ3v) is 4.22. The largest absolute Gasteiger partial charge is 0.496 e. The van der Waals surface area contributed by atoms with Crippen molar-refractivity contribution in [2.45, 2.75) is 58.2 Å². The third kappa shape index (κ3) is 3.97. The molecule has 3 nitrogen and oxygen atoms in total. The number of hydrogen-bond acceptors (Lipinski definition) is 3. The van der Waals surface area contributed by atoms with Gasteiger partial charge in [0.05, 0.1) is 7.11 Å². The number of methoxy groups -OCH3 is 1. The molecule has 0 aromatic heterocycles. The topological polar surface area (TPSA) is 38.5 Å². The molecule has 0 radical (unpaired) electrons. The minimum absolute atomic E-state index is 0.199. The quantitative estimate of drug-likeness (QED) is 0.898. The Bertz CT molecular complexity index is 431. The molecule has 1 aliphatic heterocycles. The zero-order valence-electron chi connectivity index (χ0n) is 13.1. The molecule has 2 unspecified atom stereocenters. The lowest BCUT2D eigenvalue weighted by Gasteiger charge is -2.33. The van der Waals surface area contributed by atoms with Crippen LogP contribution in [-0.2, 0) is 13.0 Å². The standard InChI is InChI=1S/C17H28N2O/c1-13(18)10-15-7-8-17(20-3)16(11-15)12-19-9-5-4-6-14(19)2/h7-8,11,13-14H,4-6,9-10,12,18H2,1-3H3. The summed E-state index contributed by atoms with van der Waals surface area (Å²) in [5, 5.41) is 0. The highest BCUT2D eigenvalue weighted by Gasteiger charge is 2.19. The first-order valence-corrected chi connectivity index (χ1v) is 7.75. The Morgan fingerprint density at radius 2 is 2.20 bits per heavy atom. The van der Waals surface area contributed by atoms with Crippen LogP contribution in [-0.4, -0.2) is 30.6 Å². The van der Waals surface area contributed by atoms with E-state index in [4.69, 9.17) is 10.5 Å². The Kier molecular flexibility index (Phi) is 5.44. The van der Waals surface area contributed by atoms with E-state index in [9.17, 15) is 0 Å². The maximum Gasteiger partial charge on any atom is 0.123 e. The van der Waals surface area contributed by atoms with Crippen molar-refractivity contribution in [2.24, 2.45) is 5.73 Å². The smallest absolute Gasteiger partial charge is 0.123 e. The van der Waals surface area contributed by atoms with Crippen LogP contribution in [0.3, 0.4) is 0 Å². The molecule has 3 heteroatoms. The second kappa shape index (κ2) is 7.09. The van der Waals surface area contributed by atoms with Crippen LogP contribution in [0.15, 0.2) is 18.2 Å². The number of nitrogens with two attached hydrogens (primary N) is 1. The lowest BCUT2D eigenvalue weighted by molar-refractivity contribution is 0.151. The molecule has 112 valence electrons. The average Bonchev–Trinajstić information content (AvgIpc) is 2.41. The lowest BCUT2D eigenvalue weighted by atomic mass is 10.0. The van der Waals surface area contributed by atoms with Gasteiger partial charge in [0.25, 0.3) is 0 Å². The van der Waals surface area contributed by atoms with Crippen molar-refractivity contribution >= 4 is 0 Å². The molecule has 2 atom stereocenters. The molecule has 1 aliphatic rings. The Morgan fingerprint density at radius 3 is 2.85 bits per heavy atom. The Hall–Kier alpha value is -1.06. The van der Waals surface area contributed by atoms with Gasteiger partial charge in [-0.25, -0.2) is 0 Å². The number of piperidine rings is 1. The fraction of sp³-hybridized carbons (Fsp3) is 0.647. The summed E-state index contributed by atoms with van der Waals surface area (Å²) < 4.78 is 5.52. The van der Waals surface area contributed by atoms with Gasteiger partial charge in [0.15, 0.2) is 0 Å². The Morgan fingerprint density at radius 1 is 1.40 bits per heavy atom. The summed E-state index contributed by atoms with van der Waals surface area (Å²) in [6, 6.07) is 7.35. The maximum atomic E-state index is 5.91. The summed E-state index contributed by atoms with van der Waals surface area (Å²) >= 11 is 0. The highest BCUT2D eigenvalue weighted by molar-refractivity contribution is 5.37. The normalized spacial score (nSPS) is 21.7. The molecular formula is C17H28N2O. The molecule has 1 fully saturated rings. The van der Waals surface area contributed by atoms with Gasteiger partial charge in [0, 0.05) is 24.2 Å². The first-order valence-electron chi connectivity index (χ1n) is 7.75. The number of benzene rings is 1. The van der Waals surface area contributed by atoms with Crippen molar-refractivity contribution in [1.82, 2.24) is 4.90 Å². The lowest BCUT2D eigenvalue weighted by Crippen LogP contribution is -2.36. The summed E-state index contributed by atoms with van der Waals surface area (Å²) in [7, 11) is 1.75. The molecule has 0 bridgehead atoms. The predicted molar refractivity (Wildman–Crippen MR) is 84.1 cm³/mol. The highest BCUT2D eigenvalue weighted by Crippen LogP contribution is 2.25. The van der Waals surface area contributed by atoms with E-state index in [-0.39, 0.29) is 6.04 Å². The summed E-state index contributed by atoms with van der Waals surface area (Å²) in [5.74, 6) is 0.996. The van der Waals surface area contributed by atoms with Crippen molar-refractivity contribution < 1.29 is 4.74 Å². The molecular weight excluding hydrogens is 248 g/mol. The number of likely N-dealkylation sites (tertiary alicyclic amines) is 1. The molecule has 0 spiro atoms. The highest BCUT2D eigenvalue weighted by atomic mass is 16.5. The molecule has 20 heavy (non-hydrogen) atoms. The van der Waals surface area contributed by atoms with Gasteiger partial charge in [-0.2, -0.15) is 0 Å². The molecule has 1 saturated heterocycles. The monoisotopic (exact) mass is 276 g/mol. The van der Waals surface area contributed by atoms with Gasteiger partial charge in [-0.1, -0.05) is 18.6 Å².